The normalized spacial score (nSPS) is 22.7. The molecule has 0 unspecified atom stereocenters. The zero-order chi connectivity index (χ0) is 23.3. The summed E-state index contributed by atoms with van der Waals surface area (Å²) in [5.41, 5.74) is 2.75. The first kappa shape index (κ1) is 23.2. The lowest BCUT2D eigenvalue weighted by molar-refractivity contribution is -0.155. The van der Waals surface area contributed by atoms with Crippen molar-refractivity contribution in [3.05, 3.63) is 66.2 Å². The minimum absolute atomic E-state index is 0.0421. The Morgan fingerprint density at radius 2 is 1.85 bits per heavy atom. The Kier molecular flexibility index (Phi) is 7.22. The van der Waals surface area contributed by atoms with Crippen molar-refractivity contribution in [2.45, 2.75) is 31.0 Å². The van der Waals surface area contributed by atoms with Crippen LogP contribution in [0.2, 0.25) is 0 Å². The van der Waals surface area contributed by atoms with Gasteiger partial charge >= 0.3 is 5.97 Å². The second-order valence-corrected chi connectivity index (χ2v) is 8.79. The van der Waals surface area contributed by atoms with Gasteiger partial charge in [0.1, 0.15) is 6.61 Å². The van der Waals surface area contributed by atoms with Gasteiger partial charge in [-0.3, -0.25) is 10.2 Å². The number of likely N-dealkylation sites (tertiary alicyclic amines) is 1. The van der Waals surface area contributed by atoms with E-state index in [4.69, 9.17) is 29.2 Å². The monoisotopic (exact) mass is 480 g/mol. The quantitative estimate of drug-likeness (QED) is 0.273. The largest absolute Gasteiger partial charge is 0.458 e. The number of hydrazone groups is 1. The molecule has 0 aliphatic carbocycles. The Bertz CT molecular complexity index is 1070. The number of ether oxygens (including phenoxy) is 1. The third-order valence-electron chi connectivity index (χ3n) is 5.69. The number of amides is 1. The topological polar surface area (TPSA) is 83.0 Å². The molecule has 2 fully saturated rings. The number of anilines is 1. The fourth-order valence-electron chi connectivity index (χ4n) is 3.94. The van der Waals surface area contributed by atoms with Crippen molar-refractivity contribution >= 4 is 57.9 Å². The molecule has 2 atom stereocenters. The Balaban J connectivity index is 1.66. The third kappa shape index (κ3) is 4.85. The average molecular weight is 481 g/mol. The number of nitrogens with zero attached hydrogens (tertiary/aromatic N) is 2. The lowest BCUT2D eigenvalue weighted by atomic mass is 9.96. The Morgan fingerprint density at radius 3 is 2.52 bits per heavy atom. The Labute approximate surface area is 203 Å². The highest BCUT2D eigenvalue weighted by Gasteiger charge is 2.57. The molecule has 2 aromatic carbocycles. The molecule has 0 aromatic heterocycles. The summed E-state index contributed by atoms with van der Waals surface area (Å²) >= 11 is 11.1. The molecule has 1 amide bonds. The van der Waals surface area contributed by atoms with Crippen molar-refractivity contribution in [2.24, 2.45) is 5.10 Å². The van der Waals surface area contributed by atoms with Crippen LogP contribution in [-0.4, -0.2) is 57.4 Å². The standard InChI is InChI=1S/C24H24N4O3S2/c29-22(19-12-7-13-25-19)28-14-20(32)21(33)24(28,16-26-27-18-10-5-2-6-11-18)23(30)31-15-17-8-3-1-4-9-17/h1-6,8-11,16,19,25,27H,7,12-15H2/t19-,24+/m0/s1. The van der Waals surface area contributed by atoms with E-state index in [2.05, 4.69) is 15.8 Å². The van der Waals surface area contributed by atoms with Crippen LogP contribution in [-0.2, 0) is 20.9 Å². The molecular formula is C24H24N4O3S2. The van der Waals surface area contributed by atoms with Crippen LogP contribution in [0.4, 0.5) is 5.69 Å². The van der Waals surface area contributed by atoms with Gasteiger partial charge in [0.15, 0.2) is 0 Å². The first-order chi connectivity index (χ1) is 16.0. The molecular weight excluding hydrogens is 456 g/mol. The van der Waals surface area contributed by atoms with Gasteiger partial charge in [0.2, 0.25) is 11.4 Å². The van der Waals surface area contributed by atoms with Gasteiger partial charge in [-0.15, -0.1) is 0 Å². The number of rotatable bonds is 7. The summed E-state index contributed by atoms with van der Waals surface area (Å²) in [7, 11) is 0. The molecule has 2 N–H and O–H groups in total. The van der Waals surface area contributed by atoms with E-state index in [1.54, 1.807) is 0 Å². The van der Waals surface area contributed by atoms with E-state index < -0.39 is 17.6 Å². The lowest BCUT2D eigenvalue weighted by Crippen LogP contribution is -2.61. The number of esters is 1. The van der Waals surface area contributed by atoms with Gasteiger partial charge in [-0.2, -0.15) is 5.10 Å². The summed E-state index contributed by atoms with van der Waals surface area (Å²) in [6, 6.07) is 18.2. The van der Waals surface area contributed by atoms with E-state index in [-0.39, 0.29) is 23.9 Å². The molecule has 4 rings (SSSR count). The Morgan fingerprint density at radius 1 is 1.15 bits per heavy atom. The number of nitrogens with one attached hydrogen (secondary N) is 2. The number of thiocarbonyl (C=S) groups is 2. The Hall–Kier alpha value is -3.01. The van der Waals surface area contributed by atoms with Crippen LogP contribution < -0.4 is 10.7 Å². The predicted octanol–water partition coefficient (Wildman–Crippen LogP) is 2.90. The van der Waals surface area contributed by atoms with Gasteiger partial charge in [-0.1, -0.05) is 73.0 Å². The van der Waals surface area contributed by atoms with Crippen molar-refractivity contribution in [1.29, 1.82) is 0 Å². The highest BCUT2D eigenvalue weighted by molar-refractivity contribution is 7.89. The molecule has 2 aliphatic rings. The molecule has 0 radical (unpaired) electrons. The van der Waals surface area contributed by atoms with E-state index in [0.29, 0.717) is 11.3 Å². The van der Waals surface area contributed by atoms with E-state index in [9.17, 15) is 9.59 Å². The maximum absolute atomic E-state index is 13.6. The average Bonchev–Trinajstić information content (AvgIpc) is 3.47. The molecule has 0 saturated carbocycles. The van der Waals surface area contributed by atoms with E-state index >= 15 is 0 Å². The number of carbonyl (C=O) groups is 2. The van der Waals surface area contributed by atoms with E-state index in [0.717, 1.165) is 24.2 Å². The van der Waals surface area contributed by atoms with E-state index in [1.807, 2.05) is 60.7 Å². The van der Waals surface area contributed by atoms with E-state index in [1.165, 1.54) is 11.1 Å². The molecule has 0 bridgehead atoms. The predicted molar refractivity (Wildman–Crippen MR) is 135 cm³/mol. The molecule has 0 spiro atoms. The van der Waals surface area contributed by atoms with Crippen LogP contribution in [0.25, 0.3) is 0 Å². The molecule has 2 saturated heterocycles. The zero-order valence-corrected chi connectivity index (χ0v) is 19.5. The van der Waals surface area contributed by atoms with Crippen LogP contribution in [0.5, 0.6) is 0 Å². The summed E-state index contributed by atoms with van der Waals surface area (Å²) in [4.78, 5) is 28.9. The minimum atomic E-state index is -1.69. The smallest absolute Gasteiger partial charge is 0.343 e. The fourth-order valence-corrected chi connectivity index (χ4v) is 4.54. The van der Waals surface area contributed by atoms with Crippen molar-refractivity contribution < 1.29 is 14.3 Å². The highest BCUT2D eigenvalue weighted by Crippen LogP contribution is 2.29. The van der Waals surface area contributed by atoms with Crippen LogP contribution in [0, 0.1) is 0 Å². The summed E-state index contributed by atoms with van der Waals surface area (Å²) in [6.07, 6.45) is 2.92. The lowest BCUT2D eigenvalue weighted by Gasteiger charge is -2.34. The first-order valence-electron chi connectivity index (χ1n) is 10.7. The van der Waals surface area contributed by atoms with Crippen molar-refractivity contribution in [3.8, 4) is 0 Å². The number of benzene rings is 2. The van der Waals surface area contributed by atoms with Crippen LogP contribution in [0.3, 0.4) is 0 Å². The van der Waals surface area contributed by atoms with Crippen molar-refractivity contribution in [2.75, 3.05) is 18.5 Å². The number of para-hydroxylation sites is 1. The summed E-state index contributed by atoms with van der Waals surface area (Å²) in [5, 5.41) is 7.47. The first-order valence-corrected chi connectivity index (χ1v) is 11.5. The third-order valence-corrected chi connectivity index (χ3v) is 6.71. The van der Waals surface area contributed by atoms with Gasteiger partial charge in [0.05, 0.1) is 34.2 Å². The molecule has 2 aromatic rings. The molecule has 7 nitrogen and oxygen atoms in total. The number of carbonyl (C=O) groups excluding carboxylic acids is 2. The number of hydrogen-bond acceptors (Lipinski definition) is 8. The molecule has 2 aliphatic heterocycles. The molecule has 2 heterocycles. The molecule has 9 heteroatoms. The van der Waals surface area contributed by atoms with Gasteiger partial charge in [0.25, 0.3) is 0 Å². The maximum atomic E-state index is 13.6. The summed E-state index contributed by atoms with van der Waals surface area (Å²) in [5.74, 6) is -0.918. The summed E-state index contributed by atoms with van der Waals surface area (Å²) in [6.45, 7) is 0.859. The van der Waals surface area contributed by atoms with Gasteiger partial charge in [0, 0.05) is 0 Å². The van der Waals surface area contributed by atoms with Gasteiger partial charge < -0.3 is 15.0 Å². The second-order valence-electron chi connectivity index (χ2n) is 7.89. The van der Waals surface area contributed by atoms with Crippen LogP contribution >= 0.6 is 24.4 Å². The summed E-state index contributed by atoms with van der Waals surface area (Å²) < 4.78 is 5.66. The highest BCUT2D eigenvalue weighted by atomic mass is 32.1. The minimum Gasteiger partial charge on any atom is -0.458 e. The second kappa shape index (κ2) is 10.3. The van der Waals surface area contributed by atoms with Crippen LogP contribution in [0.15, 0.2) is 65.8 Å². The van der Waals surface area contributed by atoms with Crippen molar-refractivity contribution in [1.82, 2.24) is 10.2 Å². The fraction of sp³-hybridized carbons (Fsp3) is 0.292. The van der Waals surface area contributed by atoms with Gasteiger partial charge in [-0.05, 0) is 37.1 Å². The SMILES string of the molecule is O=C([C@@H]1CCCN1)N1CC(=S)C(=S)[C@]1(C=NNc1ccccc1)C(=O)OCc1ccccc1. The number of hydrogen-bond donors (Lipinski definition) is 2. The van der Waals surface area contributed by atoms with Gasteiger partial charge in [-0.25, -0.2) is 4.79 Å². The van der Waals surface area contributed by atoms with Crippen LogP contribution in [0.1, 0.15) is 18.4 Å². The maximum Gasteiger partial charge on any atom is 0.343 e. The molecule has 33 heavy (non-hydrogen) atoms. The zero-order valence-electron chi connectivity index (χ0n) is 17.9. The molecule has 170 valence electrons. The van der Waals surface area contributed by atoms with Crippen molar-refractivity contribution in [3.63, 3.8) is 0 Å².